The molecule has 0 bridgehead atoms. The van der Waals surface area contributed by atoms with Gasteiger partial charge in [-0.1, -0.05) is 19.1 Å². The van der Waals surface area contributed by atoms with Gasteiger partial charge in [-0.05, 0) is 43.2 Å². The van der Waals surface area contributed by atoms with Gasteiger partial charge in [-0.3, -0.25) is 13.9 Å². The van der Waals surface area contributed by atoms with Gasteiger partial charge in [0, 0.05) is 19.2 Å². The highest BCUT2D eigenvalue weighted by atomic mass is 32.2. The van der Waals surface area contributed by atoms with Gasteiger partial charge in [0.1, 0.15) is 31.5 Å². The Morgan fingerprint density at radius 1 is 1.11 bits per heavy atom. The Kier molecular flexibility index (Phi) is 9.03. The van der Waals surface area contributed by atoms with Crippen molar-refractivity contribution in [3.63, 3.8) is 0 Å². The van der Waals surface area contributed by atoms with Crippen molar-refractivity contribution in [3.8, 4) is 17.2 Å². The summed E-state index contributed by atoms with van der Waals surface area (Å²) in [5, 5.41) is 2.81. The van der Waals surface area contributed by atoms with Gasteiger partial charge in [0.25, 0.3) is 0 Å². The molecule has 11 heteroatoms. The van der Waals surface area contributed by atoms with Crippen molar-refractivity contribution in [1.82, 2.24) is 10.2 Å². The molecule has 10 nitrogen and oxygen atoms in total. The van der Waals surface area contributed by atoms with E-state index in [0.29, 0.717) is 37.0 Å². The van der Waals surface area contributed by atoms with Crippen LogP contribution in [0.1, 0.15) is 25.8 Å². The number of rotatable bonds is 11. The molecule has 1 aliphatic heterocycles. The first-order valence-electron chi connectivity index (χ1n) is 11.7. The highest BCUT2D eigenvalue weighted by Crippen LogP contribution is 2.34. The number of carbonyl (C=O) groups is 2. The monoisotopic (exact) mass is 519 g/mol. The van der Waals surface area contributed by atoms with Gasteiger partial charge < -0.3 is 24.4 Å². The lowest BCUT2D eigenvalue weighted by molar-refractivity contribution is -0.139. The van der Waals surface area contributed by atoms with E-state index >= 15 is 0 Å². The minimum absolute atomic E-state index is 0.0927. The number of carbonyl (C=O) groups excluding carboxylic acids is 2. The molecular formula is C25H33N3O7S. The molecule has 2 amide bonds. The van der Waals surface area contributed by atoms with Crippen molar-refractivity contribution in [2.45, 2.75) is 32.9 Å². The minimum atomic E-state index is -3.85. The lowest BCUT2D eigenvalue weighted by Crippen LogP contribution is -2.51. The summed E-state index contributed by atoms with van der Waals surface area (Å²) in [5.41, 5.74) is 1.00. The van der Waals surface area contributed by atoms with E-state index in [0.717, 1.165) is 22.5 Å². The zero-order chi connectivity index (χ0) is 26.3. The van der Waals surface area contributed by atoms with E-state index in [4.69, 9.17) is 14.2 Å². The number of nitrogens with zero attached hydrogens (tertiary/aromatic N) is 2. The molecule has 0 radical (unpaired) electrons. The molecule has 0 aliphatic carbocycles. The number of methoxy groups -OCH3 is 1. The molecule has 2 aromatic carbocycles. The Balaban J connectivity index is 1.91. The van der Waals surface area contributed by atoms with Crippen LogP contribution in [-0.4, -0.2) is 70.8 Å². The second-order valence-electron chi connectivity index (χ2n) is 8.44. The number of nitrogens with one attached hydrogen (secondary N) is 1. The summed E-state index contributed by atoms with van der Waals surface area (Å²) in [5.74, 6) is 0.665. The van der Waals surface area contributed by atoms with Gasteiger partial charge in [-0.15, -0.1) is 0 Å². The maximum Gasteiger partial charge on any atom is 0.244 e. The molecule has 1 atom stereocenters. The van der Waals surface area contributed by atoms with E-state index in [1.807, 2.05) is 13.0 Å². The van der Waals surface area contributed by atoms with Crippen molar-refractivity contribution in [3.05, 3.63) is 48.0 Å². The predicted octanol–water partition coefficient (Wildman–Crippen LogP) is 2.18. The number of fused-ring (bicyclic) bond motifs is 1. The third-order valence-electron chi connectivity index (χ3n) is 5.70. The van der Waals surface area contributed by atoms with Gasteiger partial charge in [0.05, 0.1) is 19.1 Å². The summed E-state index contributed by atoms with van der Waals surface area (Å²) in [6.45, 7) is 4.37. The fourth-order valence-electron chi connectivity index (χ4n) is 3.75. The summed E-state index contributed by atoms with van der Waals surface area (Å²) >= 11 is 0. The number of hydrogen-bond donors (Lipinski definition) is 1. The zero-order valence-corrected chi connectivity index (χ0v) is 21.8. The van der Waals surface area contributed by atoms with Crippen LogP contribution in [0.5, 0.6) is 17.2 Å². The van der Waals surface area contributed by atoms with Crippen LogP contribution < -0.4 is 23.8 Å². The van der Waals surface area contributed by atoms with E-state index in [1.165, 1.54) is 11.0 Å². The first-order valence-corrected chi connectivity index (χ1v) is 13.6. The number of ether oxygens (including phenoxy) is 3. The Bertz CT molecular complexity index is 1190. The van der Waals surface area contributed by atoms with Crippen LogP contribution in [0, 0.1) is 0 Å². The molecule has 0 spiro atoms. The van der Waals surface area contributed by atoms with Crippen LogP contribution >= 0.6 is 0 Å². The summed E-state index contributed by atoms with van der Waals surface area (Å²) in [4.78, 5) is 27.7. The van der Waals surface area contributed by atoms with Crippen LogP contribution in [0.15, 0.2) is 42.5 Å². The second kappa shape index (κ2) is 12.0. The van der Waals surface area contributed by atoms with Crippen LogP contribution in [-0.2, 0) is 26.2 Å². The normalized spacial score (nSPS) is 13.4. The Morgan fingerprint density at radius 3 is 2.50 bits per heavy atom. The Hall–Kier alpha value is -3.47. The molecule has 0 aromatic heterocycles. The molecule has 36 heavy (non-hydrogen) atoms. The summed E-state index contributed by atoms with van der Waals surface area (Å²) in [6, 6.07) is 11.0. The van der Waals surface area contributed by atoms with Crippen molar-refractivity contribution in [2.75, 3.05) is 44.0 Å². The first-order chi connectivity index (χ1) is 17.1. The smallest absolute Gasteiger partial charge is 0.244 e. The van der Waals surface area contributed by atoms with Gasteiger partial charge >= 0.3 is 0 Å². The maximum absolute atomic E-state index is 13.6. The number of amides is 2. The molecule has 2 aromatic rings. The standard InChI is InChI=1S/C25H33N3O7S/c1-5-11-26-25(30)18(2)27(16-19-7-6-8-21(14-19)33-3)24(29)17-28(36(4,31)32)20-9-10-22-23(15-20)35-13-12-34-22/h6-10,14-15,18H,5,11-13,16-17H2,1-4H3,(H,26,30)/t18-/m1/s1. The van der Waals surface area contributed by atoms with E-state index < -0.39 is 28.5 Å². The molecule has 3 rings (SSSR count). The quantitative estimate of drug-likeness (QED) is 0.484. The van der Waals surface area contributed by atoms with Gasteiger partial charge in [0.15, 0.2) is 11.5 Å². The maximum atomic E-state index is 13.6. The number of sulfonamides is 1. The summed E-state index contributed by atoms with van der Waals surface area (Å²) < 4.78 is 42.8. The highest BCUT2D eigenvalue weighted by molar-refractivity contribution is 7.92. The lowest BCUT2D eigenvalue weighted by Gasteiger charge is -2.31. The second-order valence-corrected chi connectivity index (χ2v) is 10.3. The van der Waals surface area contributed by atoms with Gasteiger partial charge in [0.2, 0.25) is 21.8 Å². The topological polar surface area (TPSA) is 114 Å². The lowest BCUT2D eigenvalue weighted by atomic mass is 10.1. The zero-order valence-electron chi connectivity index (χ0n) is 21.0. The fraction of sp³-hybridized carbons (Fsp3) is 0.440. The molecule has 0 saturated carbocycles. The Morgan fingerprint density at radius 2 is 1.83 bits per heavy atom. The van der Waals surface area contributed by atoms with Crippen LogP contribution in [0.2, 0.25) is 0 Å². The van der Waals surface area contributed by atoms with Crippen molar-refractivity contribution >= 4 is 27.5 Å². The molecule has 1 heterocycles. The van der Waals surface area contributed by atoms with Gasteiger partial charge in [-0.25, -0.2) is 8.42 Å². The average Bonchev–Trinajstić information content (AvgIpc) is 2.87. The van der Waals surface area contributed by atoms with Gasteiger partial charge in [-0.2, -0.15) is 0 Å². The largest absolute Gasteiger partial charge is 0.497 e. The molecule has 0 saturated heterocycles. The predicted molar refractivity (Wildman–Crippen MR) is 136 cm³/mol. The number of benzene rings is 2. The van der Waals surface area contributed by atoms with Crippen LogP contribution in [0.4, 0.5) is 5.69 Å². The Labute approximate surface area is 212 Å². The third kappa shape index (κ3) is 6.81. The van der Waals surface area contributed by atoms with E-state index in [1.54, 1.807) is 44.4 Å². The molecule has 196 valence electrons. The van der Waals surface area contributed by atoms with E-state index in [9.17, 15) is 18.0 Å². The number of anilines is 1. The highest BCUT2D eigenvalue weighted by Gasteiger charge is 2.30. The molecule has 1 aliphatic rings. The van der Waals surface area contributed by atoms with E-state index in [-0.39, 0.29) is 18.1 Å². The average molecular weight is 520 g/mol. The molecule has 0 unspecified atom stereocenters. The van der Waals surface area contributed by atoms with Crippen molar-refractivity contribution in [1.29, 1.82) is 0 Å². The summed E-state index contributed by atoms with van der Waals surface area (Å²) in [6.07, 6.45) is 1.77. The van der Waals surface area contributed by atoms with Crippen molar-refractivity contribution < 1.29 is 32.2 Å². The van der Waals surface area contributed by atoms with E-state index in [2.05, 4.69) is 5.32 Å². The third-order valence-corrected chi connectivity index (χ3v) is 6.84. The van der Waals surface area contributed by atoms with Crippen molar-refractivity contribution in [2.24, 2.45) is 0 Å². The van der Waals surface area contributed by atoms with Crippen LogP contribution in [0.25, 0.3) is 0 Å². The number of hydrogen-bond acceptors (Lipinski definition) is 7. The minimum Gasteiger partial charge on any atom is -0.497 e. The molecule has 1 N–H and O–H groups in total. The van der Waals surface area contributed by atoms with Crippen LogP contribution in [0.3, 0.4) is 0 Å². The molecule has 0 fully saturated rings. The molecular weight excluding hydrogens is 486 g/mol. The SMILES string of the molecule is CCCNC(=O)[C@@H](C)N(Cc1cccc(OC)c1)C(=O)CN(c1ccc2c(c1)OCCO2)S(C)(=O)=O. The summed E-state index contributed by atoms with van der Waals surface area (Å²) in [7, 11) is -2.31. The fourth-order valence-corrected chi connectivity index (χ4v) is 4.59. The first kappa shape index (κ1) is 27.1.